The van der Waals surface area contributed by atoms with Crippen molar-refractivity contribution >= 4 is 10.0 Å². The van der Waals surface area contributed by atoms with E-state index in [1.807, 2.05) is 6.92 Å². The third-order valence-corrected chi connectivity index (χ3v) is 5.36. The molecule has 2 fully saturated rings. The SMILES string of the molecule is CC1CN(S(=O)(=O)CC2CCCCN2)CCO1. The molecule has 2 unspecified atom stereocenters. The topological polar surface area (TPSA) is 58.6 Å². The number of hydrogen-bond donors (Lipinski definition) is 1. The van der Waals surface area contributed by atoms with E-state index in [1.165, 1.54) is 0 Å². The normalized spacial score (nSPS) is 32.5. The lowest BCUT2D eigenvalue weighted by molar-refractivity contribution is 0.0101. The van der Waals surface area contributed by atoms with Crippen molar-refractivity contribution < 1.29 is 13.2 Å². The van der Waals surface area contributed by atoms with Gasteiger partial charge >= 0.3 is 0 Å². The number of rotatable bonds is 3. The van der Waals surface area contributed by atoms with Gasteiger partial charge in [0.05, 0.1) is 18.5 Å². The maximum Gasteiger partial charge on any atom is 0.215 e. The molecule has 2 aliphatic heterocycles. The van der Waals surface area contributed by atoms with Gasteiger partial charge in [-0.15, -0.1) is 0 Å². The summed E-state index contributed by atoms with van der Waals surface area (Å²) in [6, 6.07) is 0.131. The van der Waals surface area contributed by atoms with Crippen LogP contribution in [0.1, 0.15) is 26.2 Å². The van der Waals surface area contributed by atoms with Gasteiger partial charge in [0, 0.05) is 19.1 Å². The third kappa shape index (κ3) is 3.64. The predicted octanol–water partition coefficient (Wildman–Crippen LogP) is 0.179. The molecule has 0 aromatic heterocycles. The molecule has 0 bridgehead atoms. The summed E-state index contributed by atoms with van der Waals surface area (Å²) < 4.78 is 31.4. The second kappa shape index (κ2) is 5.65. The fraction of sp³-hybridized carbons (Fsp3) is 1.00. The van der Waals surface area contributed by atoms with Crippen molar-refractivity contribution in [1.29, 1.82) is 0 Å². The van der Waals surface area contributed by atoms with Gasteiger partial charge in [-0.3, -0.25) is 0 Å². The van der Waals surface area contributed by atoms with E-state index < -0.39 is 10.0 Å². The number of nitrogens with one attached hydrogen (secondary N) is 1. The van der Waals surface area contributed by atoms with Crippen molar-refractivity contribution in [1.82, 2.24) is 9.62 Å². The molecule has 2 rings (SSSR count). The van der Waals surface area contributed by atoms with Crippen LogP contribution in [0.15, 0.2) is 0 Å². The van der Waals surface area contributed by atoms with E-state index in [9.17, 15) is 8.42 Å². The van der Waals surface area contributed by atoms with E-state index in [-0.39, 0.29) is 17.9 Å². The minimum atomic E-state index is -3.13. The van der Waals surface area contributed by atoms with Crippen LogP contribution in [0.2, 0.25) is 0 Å². The maximum absolute atomic E-state index is 12.2. The first-order valence-electron chi connectivity index (χ1n) is 6.41. The Morgan fingerprint density at radius 2 is 2.24 bits per heavy atom. The van der Waals surface area contributed by atoms with Crippen LogP contribution >= 0.6 is 0 Å². The Hall–Kier alpha value is -0.170. The average molecular weight is 262 g/mol. The molecule has 17 heavy (non-hydrogen) atoms. The van der Waals surface area contributed by atoms with Crippen LogP contribution in [-0.4, -0.2) is 56.9 Å². The lowest BCUT2D eigenvalue weighted by atomic mass is 10.1. The lowest BCUT2D eigenvalue weighted by Crippen LogP contribution is -2.49. The molecule has 5 nitrogen and oxygen atoms in total. The predicted molar refractivity (Wildman–Crippen MR) is 66.4 cm³/mol. The Kier molecular flexibility index (Phi) is 4.41. The van der Waals surface area contributed by atoms with E-state index in [4.69, 9.17) is 4.74 Å². The van der Waals surface area contributed by atoms with Crippen LogP contribution in [0.5, 0.6) is 0 Å². The average Bonchev–Trinajstić information content (AvgIpc) is 2.30. The molecule has 2 atom stereocenters. The molecular weight excluding hydrogens is 240 g/mol. The number of hydrogen-bond acceptors (Lipinski definition) is 4. The van der Waals surface area contributed by atoms with E-state index in [0.29, 0.717) is 19.7 Å². The summed E-state index contributed by atoms with van der Waals surface area (Å²) in [5.74, 6) is 0.236. The number of sulfonamides is 1. The highest BCUT2D eigenvalue weighted by Crippen LogP contribution is 2.14. The van der Waals surface area contributed by atoms with Gasteiger partial charge in [0.1, 0.15) is 0 Å². The fourth-order valence-corrected chi connectivity index (χ4v) is 4.26. The molecule has 2 heterocycles. The molecule has 0 spiro atoms. The van der Waals surface area contributed by atoms with Crippen molar-refractivity contribution in [3.05, 3.63) is 0 Å². The second-order valence-electron chi connectivity index (χ2n) is 4.96. The van der Waals surface area contributed by atoms with E-state index >= 15 is 0 Å². The maximum atomic E-state index is 12.2. The quantitative estimate of drug-likeness (QED) is 0.788. The van der Waals surface area contributed by atoms with Gasteiger partial charge in [0.2, 0.25) is 10.0 Å². The van der Waals surface area contributed by atoms with Gasteiger partial charge in [0.25, 0.3) is 0 Å². The second-order valence-corrected chi connectivity index (χ2v) is 6.98. The third-order valence-electron chi connectivity index (χ3n) is 3.42. The monoisotopic (exact) mass is 262 g/mol. The summed E-state index contributed by atoms with van der Waals surface area (Å²) >= 11 is 0. The first kappa shape index (κ1) is 13.3. The molecule has 0 radical (unpaired) electrons. The molecule has 0 aromatic carbocycles. The molecule has 1 N–H and O–H groups in total. The zero-order chi connectivity index (χ0) is 12.3. The number of piperidine rings is 1. The molecular formula is C11H22N2O3S. The summed E-state index contributed by atoms with van der Waals surface area (Å²) in [7, 11) is -3.13. The Balaban J connectivity index is 1.92. The molecule has 2 saturated heterocycles. The Labute approximate surface area is 104 Å². The van der Waals surface area contributed by atoms with E-state index in [1.54, 1.807) is 4.31 Å². The van der Waals surface area contributed by atoms with Crippen LogP contribution in [0, 0.1) is 0 Å². The highest BCUT2D eigenvalue weighted by atomic mass is 32.2. The molecule has 0 amide bonds. The lowest BCUT2D eigenvalue weighted by Gasteiger charge is -2.32. The van der Waals surface area contributed by atoms with Crippen LogP contribution in [-0.2, 0) is 14.8 Å². The Morgan fingerprint density at radius 3 is 2.88 bits per heavy atom. The van der Waals surface area contributed by atoms with Crippen LogP contribution < -0.4 is 5.32 Å². The highest BCUT2D eigenvalue weighted by molar-refractivity contribution is 7.89. The number of morpholine rings is 1. The zero-order valence-electron chi connectivity index (χ0n) is 10.4. The molecule has 100 valence electrons. The van der Waals surface area contributed by atoms with Gasteiger partial charge in [-0.25, -0.2) is 8.42 Å². The summed E-state index contributed by atoms with van der Waals surface area (Å²) in [5.41, 5.74) is 0. The van der Waals surface area contributed by atoms with Crippen LogP contribution in [0.25, 0.3) is 0 Å². The minimum Gasteiger partial charge on any atom is -0.376 e. The molecule has 0 aromatic rings. The smallest absolute Gasteiger partial charge is 0.215 e. The van der Waals surface area contributed by atoms with Gasteiger partial charge in [-0.05, 0) is 26.3 Å². The first-order valence-corrected chi connectivity index (χ1v) is 8.01. The summed E-state index contributed by atoms with van der Waals surface area (Å²) in [6.07, 6.45) is 3.27. The standard InChI is InChI=1S/C11H22N2O3S/c1-10-8-13(6-7-16-10)17(14,15)9-11-4-2-3-5-12-11/h10-12H,2-9H2,1H3. The van der Waals surface area contributed by atoms with E-state index in [0.717, 1.165) is 25.8 Å². The zero-order valence-corrected chi connectivity index (χ0v) is 11.2. The van der Waals surface area contributed by atoms with Crippen LogP contribution in [0.4, 0.5) is 0 Å². The van der Waals surface area contributed by atoms with Crippen molar-refractivity contribution in [2.75, 3.05) is 32.0 Å². The largest absolute Gasteiger partial charge is 0.376 e. The van der Waals surface area contributed by atoms with Crippen molar-refractivity contribution in [2.45, 2.75) is 38.3 Å². The number of ether oxygens (including phenoxy) is 1. The van der Waals surface area contributed by atoms with Gasteiger partial charge in [-0.1, -0.05) is 6.42 Å². The van der Waals surface area contributed by atoms with Gasteiger partial charge in [-0.2, -0.15) is 4.31 Å². The summed E-state index contributed by atoms with van der Waals surface area (Å²) in [6.45, 7) is 4.37. The fourth-order valence-electron chi connectivity index (χ4n) is 2.47. The van der Waals surface area contributed by atoms with Gasteiger partial charge < -0.3 is 10.1 Å². The van der Waals surface area contributed by atoms with Crippen molar-refractivity contribution in [3.63, 3.8) is 0 Å². The molecule has 0 saturated carbocycles. The van der Waals surface area contributed by atoms with Gasteiger partial charge in [0.15, 0.2) is 0 Å². The summed E-state index contributed by atoms with van der Waals surface area (Å²) in [5, 5.41) is 3.29. The van der Waals surface area contributed by atoms with Crippen molar-refractivity contribution in [3.8, 4) is 0 Å². The number of nitrogens with zero attached hydrogens (tertiary/aromatic N) is 1. The Bertz CT molecular complexity index is 339. The van der Waals surface area contributed by atoms with Crippen LogP contribution in [0.3, 0.4) is 0 Å². The first-order chi connectivity index (χ1) is 8.08. The molecule has 0 aliphatic carbocycles. The van der Waals surface area contributed by atoms with Crippen molar-refractivity contribution in [2.24, 2.45) is 0 Å². The Morgan fingerprint density at radius 1 is 1.41 bits per heavy atom. The minimum absolute atomic E-state index is 0.0119. The summed E-state index contributed by atoms with van der Waals surface area (Å²) in [4.78, 5) is 0. The molecule has 6 heteroatoms. The molecule has 2 aliphatic rings. The highest BCUT2D eigenvalue weighted by Gasteiger charge is 2.30. The van der Waals surface area contributed by atoms with E-state index in [2.05, 4.69) is 5.32 Å².